The molecule has 1 aromatic carbocycles. The zero-order valence-corrected chi connectivity index (χ0v) is 14.9. The lowest BCUT2D eigenvalue weighted by Crippen LogP contribution is -2.19. The molecule has 1 aromatic heterocycles. The summed E-state index contributed by atoms with van der Waals surface area (Å²) >= 11 is 7.98. The van der Waals surface area contributed by atoms with Gasteiger partial charge < -0.3 is 5.32 Å². The van der Waals surface area contributed by atoms with Crippen LogP contribution in [0.5, 0.6) is 0 Å². The summed E-state index contributed by atoms with van der Waals surface area (Å²) in [4.78, 5) is 4.78. The molecule has 1 unspecified atom stereocenters. The summed E-state index contributed by atoms with van der Waals surface area (Å²) in [5.74, 6) is 0. The van der Waals surface area contributed by atoms with Crippen molar-refractivity contribution in [3.05, 3.63) is 50.4 Å². The lowest BCUT2D eigenvalue weighted by Gasteiger charge is -2.17. The molecule has 1 heterocycles. The van der Waals surface area contributed by atoms with E-state index in [9.17, 15) is 0 Å². The second-order valence-corrected chi connectivity index (χ2v) is 7.78. The first-order valence-electron chi connectivity index (χ1n) is 7.19. The highest BCUT2D eigenvalue weighted by atomic mass is 35.5. The van der Waals surface area contributed by atoms with Crippen LogP contribution in [-0.4, -0.2) is 12.0 Å². The fourth-order valence-electron chi connectivity index (χ4n) is 2.14. The molecule has 2 nitrogen and oxygen atoms in total. The Balaban J connectivity index is 2.19. The summed E-state index contributed by atoms with van der Waals surface area (Å²) < 4.78 is 0. The average molecular weight is 323 g/mol. The van der Waals surface area contributed by atoms with Gasteiger partial charge in [-0.15, -0.1) is 11.3 Å². The van der Waals surface area contributed by atoms with E-state index < -0.39 is 0 Å². The van der Waals surface area contributed by atoms with Crippen molar-refractivity contribution in [1.82, 2.24) is 10.3 Å². The van der Waals surface area contributed by atoms with Crippen molar-refractivity contribution < 1.29 is 0 Å². The number of hydrogen-bond acceptors (Lipinski definition) is 3. The number of hydrogen-bond donors (Lipinski definition) is 1. The number of halogens is 1. The first-order valence-corrected chi connectivity index (χ1v) is 8.45. The van der Waals surface area contributed by atoms with Crippen LogP contribution >= 0.6 is 22.9 Å². The van der Waals surface area contributed by atoms with Gasteiger partial charge in [0.05, 0.1) is 10.7 Å². The maximum absolute atomic E-state index is 6.24. The van der Waals surface area contributed by atoms with Crippen LogP contribution in [0.4, 0.5) is 0 Å². The number of benzene rings is 1. The maximum Gasteiger partial charge on any atom is 0.0947 e. The highest BCUT2D eigenvalue weighted by Crippen LogP contribution is 2.28. The highest BCUT2D eigenvalue weighted by molar-refractivity contribution is 7.09. The first kappa shape index (κ1) is 16.5. The molecular formula is C17H23ClN2S. The molecule has 0 aliphatic carbocycles. The SMILES string of the molecule is CNC(Cc1nc(C(C)(C)C)cs1)c1ccc(C)c(Cl)c1. The van der Waals surface area contributed by atoms with Gasteiger partial charge in [-0.3, -0.25) is 0 Å². The van der Waals surface area contributed by atoms with Gasteiger partial charge in [-0.1, -0.05) is 44.5 Å². The fraction of sp³-hybridized carbons (Fsp3) is 0.471. The van der Waals surface area contributed by atoms with E-state index in [0.717, 1.165) is 22.0 Å². The van der Waals surface area contributed by atoms with Gasteiger partial charge in [0, 0.05) is 28.3 Å². The summed E-state index contributed by atoms with van der Waals surface area (Å²) in [7, 11) is 1.98. The summed E-state index contributed by atoms with van der Waals surface area (Å²) in [6, 6.07) is 6.50. The molecule has 0 amide bonds. The Hall–Kier alpha value is -0.900. The Morgan fingerprint density at radius 1 is 1.33 bits per heavy atom. The van der Waals surface area contributed by atoms with Gasteiger partial charge in [0.15, 0.2) is 0 Å². The Morgan fingerprint density at radius 3 is 2.57 bits per heavy atom. The Labute approximate surface area is 136 Å². The normalized spacial score (nSPS) is 13.4. The molecule has 0 spiro atoms. The van der Waals surface area contributed by atoms with Crippen molar-refractivity contribution in [2.45, 2.75) is 45.6 Å². The molecule has 114 valence electrons. The summed E-state index contributed by atoms with van der Waals surface area (Å²) in [6.45, 7) is 8.61. The molecule has 2 aromatic rings. The fourth-order valence-corrected chi connectivity index (χ4v) is 3.39. The Morgan fingerprint density at radius 2 is 2.05 bits per heavy atom. The molecule has 21 heavy (non-hydrogen) atoms. The van der Waals surface area contributed by atoms with Gasteiger partial charge in [0.1, 0.15) is 0 Å². The third-order valence-electron chi connectivity index (χ3n) is 3.65. The van der Waals surface area contributed by atoms with Crippen LogP contribution in [0.25, 0.3) is 0 Å². The Bertz CT molecular complexity index is 613. The van der Waals surface area contributed by atoms with Gasteiger partial charge in [-0.05, 0) is 31.2 Å². The molecule has 1 N–H and O–H groups in total. The number of nitrogens with zero attached hydrogens (tertiary/aromatic N) is 1. The van der Waals surface area contributed by atoms with Crippen LogP contribution in [0.3, 0.4) is 0 Å². The highest BCUT2D eigenvalue weighted by Gasteiger charge is 2.19. The zero-order chi connectivity index (χ0) is 15.6. The van der Waals surface area contributed by atoms with Crippen molar-refractivity contribution >= 4 is 22.9 Å². The first-order chi connectivity index (χ1) is 9.81. The molecule has 1 atom stereocenters. The molecule has 2 rings (SSSR count). The molecule has 0 aliphatic heterocycles. The molecule has 4 heteroatoms. The molecule has 0 radical (unpaired) electrons. The van der Waals surface area contributed by atoms with Crippen molar-refractivity contribution in [2.75, 3.05) is 7.05 Å². The van der Waals surface area contributed by atoms with Crippen LogP contribution in [0.2, 0.25) is 5.02 Å². The molecule has 0 saturated carbocycles. The van der Waals surface area contributed by atoms with Crippen LogP contribution in [0.15, 0.2) is 23.6 Å². The predicted octanol–water partition coefficient (Wildman–Crippen LogP) is 4.91. The minimum Gasteiger partial charge on any atom is -0.313 e. The van der Waals surface area contributed by atoms with Crippen molar-refractivity contribution in [3.63, 3.8) is 0 Å². The van der Waals surface area contributed by atoms with Gasteiger partial charge >= 0.3 is 0 Å². The lowest BCUT2D eigenvalue weighted by atomic mass is 9.93. The number of rotatable bonds is 4. The van der Waals surface area contributed by atoms with Gasteiger partial charge in [0.25, 0.3) is 0 Å². The largest absolute Gasteiger partial charge is 0.313 e. The van der Waals surface area contributed by atoms with Crippen LogP contribution < -0.4 is 5.32 Å². The van der Waals surface area contributed by atoms with Gasteiger partial charge in [-0.25, -0.2) is 4.98 Å². The molecule has 0 bridgehead atoms. The minimum absolute atomic E-state index is 0.108. The van der Waals surface area contributed by atoms with Crippen molar-refractivity contribution in [3.8, 4) is 0 Å². The van der Waals surface area contributed by atoms with Crippen molar-refractivity contribution in [2.24, 2.45) is 0 Å². The van der Waals surface area contributed by atoms with E-state index in [1.54, 1.807) is 11.3 Å². The monoisotopic (exact) mass is 322 g/mol. The average Bonchev–Trinajstić information content (AvgIpc) is 2.88. The van der Waals surface area contributed by atoms with E-state index in [4.69, 9.17) is 16.6 Å². The summed E-state index contributed by atoms with van der Waals surface area (Å²) in [5.41, 5.74) is 3.59. The van der Waals surface area contributed by atoms with E-state index in [1.165, 1.54) is 11.3 Å². The third-order valence-corrected chi connectivity index (χ3v) is 4.92. The van der Waals surface area contributed by atoms with E-state index >= 15 is 0 Å². The van der Waals surface area contributed by atoms with E-state index in [-0.39, 0.29) is 11.5 Å². The van der Waals surface area contributed by atoms with E-state index in [0.29, 0.717) is 0 Å². The number of aryl methyl sites for hydroxylation is 1. The molecular weight excluding hydrogens is 300 g/mol. The standard InChI is InChI=1S/C17H23ClN2S/c1-11-6-7-12(8-13(11)18)14(19-5)9-16-20-15(10-21-16)17(2,3)4/h6-8,10,14,19H,9H2,1-5H3. The van der Waals surface area contributed by atoms with Crippen molar-refractivity contribution in [1.29, 1.82) is 0 Å². The second kappa shape index (κ2) is 6.47. The maximum atomic E-state index is 6.24. The van der Waals surface area contributed by atoms with Gasteiger partial charge in [-0.2, -0.15) is 0 Å². The predicted molar refractivity (Wildman–Crippen MR) is 92.5 cm³/mol. The number of likely N-dealkylation sites (N-methyl/N-ethyl adjacent to an activating group) is 1. The van der Waals surface area contributed by atoms with E-state index in [2.05, 4.69) is 49.7 Å². The number of aromatic nitrogens is 1. The zero-order valence-electron chi connectivity index (χ0n) is 13.3. The minimum atomic E-state index is 0.108. The topological polar surface area (TPSA) is 24.9 Å². The lowest BCUT2D eigenvalue weighted by molar-refractivity contribution is 0.560. The quantitative estimate of drug-likeness (QED) is 0.865. The smallest absolute Gasteiger partial charge is 0.0947 e. The van der Waals surface area contributed by atoms with Crippen LogP contribution in [-0.2, 0) is 11.8 Å². The Kier molecular flexibility index (Phi) is 5.07. The molecule has 0 fully saturated rings. The summed E-state index contributed by atoms with van der Waals surface area (Å²) in [6.07, 6.45) is 0.886. The number of thiazole rings is 1. The third kappa shape index (κ3) is 4.06. The van der Waals surface area contributed by atoms with Crippen LogP contribution in [0, 0.1) is 6.92 Å². The van der Waals surface area contributed by atoms with Crippen LogP contribution in [0.1, 0.15) is 48.6 Å². The summed E-state index contributed by atoms with van der Waals surface area (Å²) in [5, 5.41) is 7.52. The van der Waals surface area contributed by atoms with E-state index in [1.807, 2.05) is 14.0 Å². The van der Waals surface area contributed by atoms with Gasteiger partial charge in [0.2, 0.25) is 0 Å². The number of nitrogens with one attached hydrogen (secondary N) is 1. The molecule has 0 aliphatic rings. The molecule has 0 saturated heterocycles. The second-order valence-electron chi connectivity index (χ2n) is 6.43.